The van der Waals surface area contributed by atoms with E-state index in [2.05, 4.69) is 9.72 Å². The van der Waals surface area contributed by atoms with Crippen LogP contribution in [-0.2, 0) is 4.74 Å². The van der Waals surface area contributed by atoms with Gasteiger partial charge in [-0.05, 0) is 12.1 Å². The number of nitrogens with zero attached hydrogens (tertiary/aromatic N) is 1. The summed E-state index contributed by atoms with van der Waals surface area (Å²) in [4.78, 5) is 25.1. The summed E-state index contributed by atoms with van der Waals surface area (Å²) in [5.74, 6) is -2.00. The van der Waals surface area contributed by atoms with Crippen LogP contribution in [0.2, 0.25) is 5.02 Å². The maximum Gasteiger partial charge on any atom is 0.356 e. The second-order valence-corrected chi connectivity index (χ2v) is 2.73. The van der Waals surface area contributed by atoms with Gasteiger partial charge in [0.25, 0.3) is 0 Å². The summed E-state index contributed by atoms with van der Waals surface area (Å²) < 4.78 is 4.37. The molecule has 1 N–H and O–H groups in total. The maximum absolute atomic E-state index is 11.0. The van der Waals surface area contributed by atoms with E-state index in [1.807, 2.05) is 0 Å². The molecule has 0 aromatic carbocycles. The summed E-state index contributed by atoms with van der Waals surface area (Å²) in [6.45, 7) is 0. The molecule has 14 heavy (non-hydrogen) atoms. The van der Waals surface area contributed by atoms with E-state index in [-0.39, 0.29) is 16.4 Å². The molecule has 0 bridgehead atoms. The van der Waals surface area contributed by atoms with Gasteiger partial charge in [-0.25, -0.2) is 14.6 Å². The van der Waals surface area contributed by atoms with E-state index in [4.69, 9.17) is 16.7 Å². The Morgan fingerprint density at radius 2 is 2.14 bits per heavy atom. The maximum atomic E-state index is 11.0. The first kappa shape index (κ1) is 10.5. The van der Waals surface area contributed by atoms with E-state index in [0.717, 1.165) is 0 Å². The Morgan fingerprint density at radius 1 is 1.50 bits per heavy atom. The number of esters is 1. The Morgan fingerprint density at radius 3 is 2.64 bits per heavy atom. The van der Waals surface area contributed by atoms with E-state index in [1.165, 1.54) is 19.2 Å². The Kier molecular flexibility index (Phi) is 3.03. The molecule has 0 saturated heterocycles. The van der Waals surface area contributed by atoms with E-state index >= 15 is 0 Å². The molecule has 5 nitrogen and oxygen atoms in total. The fourth-order valence-electron chi connectivity index (χ4n) is 0.810. The molecule has 1 aromatic heterocycles. The van der Waals surface area contributed by atoms with Crippen molar-refractivity contribution in [2.45, 2.75) is 0 Å². The van der Waals surface area contributed by atoms with Crippen LogP contribution in [0.1, 0.15) is 21.0 Å². The number of rotatable bonds is 2. The van der Waals surface area contributed by atoms with Gasteiger partial charge in [0.05, 0.1) is 12.1 Å². The molecule has 0 unspecified atom stereocenters. The van der Waals surface area contributed by atoms with Crippen LogP contribution in [0.4, 0.5) is 0 Å². The van der Waals surface area contributed by atoms with Gasteiger partial charge in [0, 0.05) is 0 Å². The van der Waals surface area contributed by atoms with Gasteiger partial charge in [-0.15, -0.1) is 0 Å². The van der Waals surface area contributed by atoms with Gasteiger partial charge in [-0.2, -0.15) is 0 Å². The summed E-state index contributed by atoms with van der Waals surface area (Å²) in [5.41, 5.74) is -0.455. The van der Waals surface area contributed by atoms with Gasteiger partial charge in [0.15, 0.2) is 5.69 Å². The van der Waals surface area contributed by atoms with Crippen molar-refractivity contribution in [2.75, 3.05) is 7.11 Å². The number of carboxylic acid groups (broad SMARTS) is 1. The number of halogens is 1. The average Bonchev–Trinajstić information content (AvgIpc) is 2.17. The summed E-state index contributed by atoms with van der Waals surface area (Å²) >= 11 is 5.54. The number of pyridine rings is 1. The third kappa shape index (κ3) is 2.00. The number of hydrogen-bond acceptors (Lipinski definition) is 4. The van der Waals surface area contributed by atoms with Crippen LogP contribution in [-0.4, -0.2) is 29.1 Å². The lowest BCUT2D eigenvalue weighted by Gasteiger charge is -2.01. The largest absolute Gasteiger partial charge is 0.476 e. The van der Waals surface area contributed by atoms with E-state index < -0.39 is 11.9 Å². The molecular formula is C8H6ClNO4. The zero-order valence-electron chi connectivity index (χ0n) is 7.15. The Balaban J connectivity index is 3.19. The van der Waals surface area contributed by atoms with Gasteiger partial charge in [-0.3, -0.25) is 0 Å². The van der Waals surface area contributed by atoms with E-state index in [0.29, 0.717) is 0 Å². The molecule has 0 saturated carbocycles. The number of methoxy groups -OCH3 is 1. The highest BCUT2D eigenvalue weighted by molar-refractivity contribution is 6.33. The van der Waals surface area contributed by atoms with Crippen LogP contribution in [0.25, 0.3) is 0 Å². The fourth-order valence-corrected chi connectivity index (χ4v) is 0.996. The monoisotopic (exact) mass is 215 g/mol. The Bertz CT molecular complexity index is 391. The van der Waals surface area contributed by atoms with Crippen molar-refractivity contribution in [3.8, 4) is 0 Å². The van der Waals surface area contributed by atoms with Crippen molar-refractivity contribution in [3.63, 3.8) is 0 Å². The molecule has 0 amide bonds. The number of hydrogen-bond donors (Lipinski definition) is 1. The molecule has 1 rings (SSSR count). The quantitative estimate of drug-likeness (QED) is 0.751. The van der Waals surface area contributed by atoms with Gasteiger partial charge >= 0.3 is 11.9 Å². The molecule has 1 aromatic rings. The van der Waals surface area contributed by atoms with Crippen LogP contribution in [0, 0.1) is 0 Å². The molecule has 1 heterocycles. The van der Waals surface area contributed by atoms with Gasteiger partial charge < -0.3 is 9.84 Å². The van der Waals surface area contributed by atoms with Crippen LogP contribution in [0.5, 0.6) is 0 Å². The number of carboxylic acids is 1. The average molecular weight is 216 g/mol. The molecule has 6 heteroatoms. The van der Waals surface area contributed by atoms with Crippen molar-refractivity contribution in [3.05, 3.63) is 28.5 Å². The molecular weight excluding hydrogens is 210 g/mol. The molecule has 0 spiro atoms. The van der Waals surface area contributed by atoms with Gasteiger partial charge in [0.2, 0.25) is 0 Å². The standard InChI is InChI=1S/C8H6ClNO4/c1-14-8(13)5-3-2-4(9)6(10-5)7(11)12/h2-3H,1H3,(H,11,12). The first-order valence-electron chi connectivity index (χ1n) is 3.54. The minimum Gasteiger partial charge on any atom is -0.476 e. The van der Waals surface area contributed by atoms with Crippen molar-refractivity contribution < 1.29 is 19.4 Å². The van der Waals surface area contributed by atoms with Crippen LogP contribution >= 0.6 is 11.6 Å². The van der Waals surface area contributed by atoms with Crippen molar-refractivity contribution >= 4 is 23.5 Å². The van der Waals surface area contributed by atoms with E-state index in [1.54, 1.807) is 0 Å². The second-order valence-electron chi connectivity index (χ2n) is 2.32. The zero-order valence-corrected chi connectivity index (χ0v) is 7.91. The lowest BCUT2D eigenvalue weighted by Crippen LogP contribution is -2.09. The van der Waals surface area contributed by atoms with Crippen LogP contribution in [0.15, 0.2) is 12.1 Å². The first-order valence-corrected chi connectivity index (χ1v) is 3.92. The highest BCUT2D eigenvalue weighted by atomic mass is 35.5. The fraction of sp³-hybridized carbons (Fsp3) is 0.125. The number of aromatic carboxylic acids is 1. The first-order chi connectivity index (χ1) is 6.56. The highest BCUT2D eigenvalue weighted by Crippen LogP contribution is 2.14. The summed E-state index contributed by atoms with van der Waals surface area (Å²) in [7, 11) is 1.18. The van der Waals surface area contributed by atoms with E-state index in [9.17, 15) is 9.59 Å². The van der Waals surface area contributed by atoms with Crippen LogP contribution in [0.3, 0.4) is 0 Å². The molecule has 0 aliphatic rings. The number of carbonyl (C=O) groups is 2. The summed E-state index contributed by atoms with van der Waals surface area (Å²) in [6, 6.07) is 2.57. The van der Waals surface area contributed by atoms with Gasteiger partial charge in [-0.1, -0.05) is 11.6 Å². The predicted molar refractivity (Wildman–Crippen MR) is 47.5 cm³/mol. The van der Waals surface area contributed by atoms with Crippen molar-refractivity contribution in [1.82, 2.24) is 4.98 Å². The summed E-state index contributed by atoms with van der Waals surface area (Å²) in [6.07, 6.45) is 0. The Hall–Kier alpha value is -1.62. The molecule has 0 atom stereocenters. The number of aromatic nitrogens is 1. The lowest BCUT2D eigenvalue weighted by atomic mass is 10.3. The molecule has 0 fully saturated rings. The minimum absolute atomic E-state index is 0.0230. The molecule has 0 radical (unpaired) electrons. The second kappa shape index (κ2) is 4.06. The normalized spacial score (nSPS) is 9.57. The summed E-state index contributed by atoms with van der Waals surface area (Å²) in [5, 5.41) is 8.62. The smallest absolute Gasteiger partial charge is 0.356 e. The van der Waals surface area contributed by atoms with Crippen molar-refractivity contribution in [1.29, 1.82) is 0 Å². The minimum atomic E-state index is -1.29. The Labute approximate surface area is 84.3 Å². The van der Waals surface area contributed by atoms with Gasteiger partial charge in [0.1, 0.15) is 5.69 Å². The predicted octanol–water partition coefficient (Wildman–Crippen LogP) is 1.22. The van der Waals surface area contributed by atoms with Crippen molar-refractivity contribution in [2.24, 2.45) is 0 Å². The lowest BCUT2D eigenvalue weighted by molar-refractivity contribution is 0.0593. The molecule has 74 valence electrons. The SMILES string of the molecule is COC(=O)c1ccc(Cl)c(C(=O)O)n1. The highest BCUT2D eigenvalue weighted by Gasteiger charge is 2.15. The third-order valence-electron chi connectivity index (χ3n) is 1.44. The third-order valence-corrected chi connectivity index (χ3v) is 1.75. The number of carbonyl (C=O) groups excluding carboxylic acids is 1. The molecule has 0 aliphatic carbocycles. The topological polar surface area (TPSA) is 76.5 Å². The zero-order chi connectivity index (χ0) is 10.7. The number of ether oxygens (including phenoxy) is 1. The van der Waals surface area contributed by atoms with Crippen LogP contribution < -0.4 is 0 Å². The molecule has 0 aliphatic heterocycles.